The first-order valence-corrected chi connectivity index (χ1v) is 7.68. The highest BCUT2D eigenvalue weighted by Gasteiger charge is 2.18. The average molecular weight is 291 g/mol. The number of rotatable bonds is 5. The van der Waals surface area contributed by atoms with Crippen LogP contribution in [0.4, 0.5) is 0 Å². The van der Waals surface area contributed by atoms with Gasteiger partial charge < -0.3 is 5.32 Å². The third-order valence-electron chi connectivity index (χ3n) is 3.45. The van der Waals surface area contributed by atoms with E-state index in [-0.39, 0.29) is 11.8 Å². The van der Waals surface area contributed by atoms with Crippen LogP contribution < -0.4 is 5.32 Å². The average Bonchev–Trinajstić information content (AvgIpc) is 2.58. The Morgan fingerprint density at radius 2 is 1.68 bits per heavy atom. The molecule has 0 aliphatic heterocycles. The lowest BCUT2D eigenvalue weighted by atomic mass is 9.94. The molecule has 0 spiro atoms. The highest BCUT2D eigenvalue weighted by molar-refractivity contribution is 5.83. The first kappa shape index (κ1) is 15.9. The van der Waals surface area contributed by atoms with Gasteiger partial charge >= 0.3 is 0 Å². The molecule has 0 aliphatic rings. The Morgan fingerprint density at radius 1 is 1.05 bits per heavy atom. The number of carbonyl (C=O) groups excluding carboxylic acids is 1. The maximum atomic E-state index is 12.4. The summed E-state index contributed by atoms with van der Waals surface area (Å²) in [6.07, 6.45) is 1.82. The zero-order valence-corrected chi connectivity index (χ0v) is 12.9. The van der Waals surface area contributed by atoms with Crippen LogP contribution in [-0.4, -0.2) is 12.5 Å². The molecule has 2 aromatic rings. The quantitative estimate of drug-likeness (QED) is 0.835. The molecule has 0 radical (unpaired) electrons. The van der Waals surface area contributed by atoms with Crippen molar-refractivity contribution in [3.63, 3.8) is 0 Å². The van der Waals surface area contributed by atoms with E-state index in [4.69, 9.17) is 0 Å². The summed E-state index contributed by atoms with van der Waals surface area (Å²) in [4.78, 5) is 12.4. The number of benzene rings is 2. The van der Waals surface area contributed by atoms with Crippen molar-refractivity contribution in [1.29, 1.82) is 0 Å². The number of hydrogen-bond donors (Lipinski definition) is 1. The fourth-order valence-electron chi connectivity index (χ4n) is 2.35. The van der Waals surface area contributed by atoms with Crippen LogP contribution in [0.5, 0.6) is 0 Å². The molecule has 0 bridgehead atoms. The highest BCUT2D eigenvalue weighted by Crippen LogP contribution is 2.21. The highest BCUT2D eigenvalue weighted by atomic mass is 16.1. The molecule has 0 aliphatic carbocycles. The van der Waals surface area contributed by atoms with Crippen LogP contribution in [0.15, 0.2) is 60.7 Å². The SMILES string of the molecule is CCCC(C(=O)NCC#Cc1ccccc1)c1ccccc1. The fraction of sp³-hybridized carbons (Fsp3) is 0.250. The predicted molar refractivity (Wildman–Crippen MR) is 90.4 cm³/mol. The topological polar surface area (TPSA) is 29.1 Å². The molecule has 112 valence electrons. The second-order valence-electron chi connectivity index (χ2n) is 5.14. The number of carbonyl (C=O) groups is 1. The minimum atomic E-state index is -0.0928. The molecule has 0 heterocycles. The summed E-state index contributed by atoms with van der Waals surface area (Å²) in [7, 11) is 0. The van der Waals surface area contributed by atoms with Crippen LogP contribution >= 0.6 is 0 Å². The van der Waals surface area contributed by atoms with E-state index in [0.29, 0.717) is 6.54 Å². The van der Waals surface area contributed by atoms with Crippen molar-refractivity contribution in [2.24, 2.45) is 0 Å². The Labute approximate surface area is 132 Å². The smallest absolute Gasteiger partial charge is 0.228 e. The maximum Gasteiger partial charge on any atom is 0.228 e. The van der Waals surface area contributed by atoms with E-state index < -0.39 is 0 Å². The van der Waals surface area contributed by atoms with Gasteiger partial charge in [0.1, 0.15) is 0 Å². The van der Waals surface area contributed by atoms with Crippen LogP contribution in [0, 0.1) is 11.8 Å². The van der Waals surface area contributed by atoms with E-state index in [1.165, 1.54) is 0 Å². The van der Waals surface area contributed by atoms with E-state index in [0.717, 1.165) is 24.0 Å². The Morgan fingerprint density at radius 3 is 2.32 bits per heavy atom. The molecule has 1 amide bonds. The standard InChI is InChI=1S/C20H21NO/c1-2-10-19(18-14-7-4-8-15-18)20(22)21-16-9-13-17-11-5-3-6-12-17/h3-8,11-12,14-15,19H,2,10,16H2,1H3,(H,21,22). The molecule has 2 rings (SSSR count). The molecular formula is C20H21NO. The predicted octanol–water partition coefficient (Wildman–Crippen LogP) is 3.74. The van der Waals surface area contributed by atoms with E-state index in [1.807, 2.05) is 60.7 Å². The lowest BCUT2D eigenvalue weighted by molar-refractivity contribution is -0.122. The summed E-state index contributed by atoms with van der Waals surface area (Å²) in [6, 6.07) is 19.7. The van der Waals surface area contributed by atoms with Crippen LogP contribution in [0.3, 0.4) is 0 Å². The Bertz CT molecular complexity index is 638. The monoisotopic (exact) mass is 291 g/mol. The summed E-state index contributed by atoms with van der Waals surface area (Å²) in [5.41, 5.74) is 2.03. The van der Waals surface area contributed by atoms with Gasteiger partial charge in [-0.2, -0.15) is 0 Å². The second kappa shape index (κ2) is 8.69. The second-order valence-corrected chi connectivity index (χ2v) is 5.14. The van der Waals surface area contributed by atoms with Crippen LogP contribution in [0.25, 0.3) is 0 Å². The van der Waals surface area contributed by atoms with Crippen molar-refractivity contribution < 1.29 is 4.79 Å². The minimum Gasteiger partial charge on any atom is -0.345 e. The van der Waals surface area contributed by atoms with Gasteiger partial charge in [-0.1, -0.05) is 73.7 Å². The van der Waals surface area contributed by atoms with Gasteiger partial charge in [0.25, 0.3) is 0 Å². The van der Waals surface area contributed by atoms with Crippen molar-refractivity contribution in [1.82, 2.24) is 5.32 Å². The van der Waals surface area contributed by atoms with E-state index >= 15 is 0 Å². The molecule has 22 heavy (non-hydrogen) atoms. The van der Waals surface area contributed by atoms with Gasteiger partial charge in [0, 0.05) is 5.56 Å². The normalized spacial score (nSPS) is 11.1. The van der Waals surface area contributed by atoms with E-state index in [1.54, 1.807) is 0 Å². The molecule has 2 nitrogen and oxygen atoms in total. The summed E-state index contributed by atoms with van der Waals surface area (Å²) in [5.74, 6) is 6.00. The maximum absolute atomic E-state index is 12.4. The molecule has 0 aromatic heterocycles. The van der Waals surface area contributed by atoms with Gasteiger partial charge in [0.05, 0.1) is 12.5 Å². The zero-order valence-electron chi connectivity index (χ0n) is 12.9. The first-order chi connectivity index (χ1) is 10.8. The largest absolute Gasteiger partial charge is 0.345 e. The number of nitrogens with one attached hydrogen (secondary N) is 1. The van der Waals surface area contributed by atoms with Gasteiger partial charge in [-0.3, -0.25) is 4.79 Å². The third-order valence-corrected chi connectivity index (χ3v) is 3.45. The van der Waals surface area contributed by atoms with Crippen LogP contribution in [-0.2, 0) is 4.79 Å². The number of amides is 1. The van der Waals surface area contributed by atoms with Gasteiger partial charge in [-0.05, 0) is 24.1 Å². The van der Waals surface area contributed by atoms with Gasteiger partial charge in [0.2, 0.25) is 5.91 Å². The summed E-state index contributed by atoms with van der Waals surface area (Å²) >= 11 is 0. The molecule has 1 atom stereocenters. The molecule has 2 aromatic carbocycles. The van der Waals surface area contributed by atoms with Crippen LogP contribution in [0.1, 0.15) is 36.8 Å². The molecule has 1 N–H and O–H groups in total. The molecule has 2 heteroatoms. The molecule has 0 saturated heterocycles. The molecule has 1 unspecified atom stereocenters. The summed E-state index contributed by atoms with van der Waals surface area (Å²) in [6.45, 7) is 2.47. The van der Waals surface area contributed by atoms with Crippen molar-refractivity contribution in [3.8, 4) is 11.8 Å². The fourth-order valence-corrected chi connectivity index (χ4v) is 2.35. The van der Waals surface area contributed by atoms with Crippen molar-refractivity contribution in [2.45, 2.75) is 25.7 Å². The van der Waals surface area contributed by atoms with Gasteiger partial charge in [-0.15, -0.1) is 0 Å². The van der Waals surface area contributed by atoms with Gasteiger partial charge in [0.15, 0.2) is 0 Å². The summed E-state index contributed by atoms with van der Waals surface area (Å²) in [5, 5.41) is 2.92. The zero-order chi connectivity index (χ0) is 15.6. The Hall–Kier alpha value is -2.53. The van der Waals surface area contributed by atoms with Gasteiger partial charge in [-0.25, -0.2) is 0 Å². The third kappa shape index (κ3) is 4.79. The Kier molecular flexibility index (Phi) is 6.26. The van der Waals surface area contributed by atoms with Crippen molar-refractivity contribution in [3.05, 3.63) is 71.8 Å². The number of hydrogen-bond acceptors (Lipinski definition) is 1. The van der Waals surface area contributed by atoms with E-state index in [9.17, 15) is 4.79 Å². The van der Waals surface area contributed by atoms with Crippen molar-refractivity contribution in [2.75, 3.05) is 6.54 Å². The van der Waals surface area contributed by atoms with E-state index in [2.05, 4.69) is 24.1 Å². The molecule has 0 fully saturated rings. The lowest BCUT2D eigenvalue weighted by Gasteiger charge is -2.15. The summed E-state index contributed by atoms with van der Waals surface area (Å²) < 4.78 is 0. The lowest BCUT2D eigenvalue weighted by Crippen LogP contribution is -2.29. The Balaban J connectivity index is 1.93. The molecular weight excluding hydrogens is 270 g/mol. The first-order valence-electron chi connectivity index (χ1n) is 7.68. The van der Waals surface area contributed by atoms with Crippen LogP contribution in [0.2, 0.25) is 0 Å². The van der Waals surface area contributed by atoms with Crippen molar-refractivity contribution >= 4 is 5.91 Å². The minimum absolute atomic E-state index is 0.0513. The molecule has 0 saturated carbocycles.